The van der Waals surface area contributed by atoms with Crippen LogP contribution >= 0.6 is 22.6 Å². The van der Waals surface area contributed by atoms with Gasteiger partial charge in [0.1, 0.15) is 5.84 Å². The largest absolute Gasteiger partial charge is 0.274 e. The molecule has 68 valence electrons. The maximum atomic E-state index is 11.5. The molecule has 0 unspecified atom stereocenters. The summed E-state index contributed by atoms with van der Waals surface area (Å²) in [4.78, 5) is 17.5. The van der Waals surface area contributed by atoms with Gasteiger partial charge < -0.3 is 0 Å². The second-order valence-electron chi connectivity index (χ2n) is 3.06. The molecule has 2 heterocycles. The van der Waals surface area contributed by atoms with Crippen molar-refractivity contribution in [2.75, 3.05) is 6.54 Å². The first-order chi connectivity index (χ1) is 6.18. The Balaban J connectivity index is 2.45. The van der Waals surface area contributed by atoms with Crippen molar-refractivity contribution < 1.29 is 4.79 Å². The lowest BCUT2D eigenvalue weighted by atomic mass is 10.1. The van der Waals surface area contributed by atoms with Gasteiger partial charge in [-0.25, -0.2) is 0 Å². The molecule has 0 bridgehead atoms. The highest BCUT2D eigenvalue weighted by atomic mass is 127. The minimum Gasteiger partial charge on any atom is -0.274 e. The van der Waals surface area contributed by atoms with E-state index in [9.17, 15) is 4.79 Å². The number of halogens is 1. The molecule has 0 saturated heterocycles. The van der Waals surface area contributed by atoms with E-state index in [1.165, 1.54) is 0 Å². The third-order valence-corrected chi connectivity index (χ3v) is 2.63. The van der Waals surface area contributed by atoms with Crippen LogP contribution in [0.2, 0.25) is 0 Å². The fourth-order valence-electron chi connectivity index (χ4n) is 1.45. The lowest BCUT2D eigenvalue weighted by Crippen LogP contribution is -2.38. The Bertz CT molecular complexity index is 355. The number of carbonyl (C=O) groups excluding carboxylic acids is 1. The predicted molar refractivity (Wildman–Crippen MR) is 59.6 cm³/mol. The van der Waals surface area contributed by atoms with E-state index in [4.69, 9.17) is 0 Å². The van der Waals surface area contributed by atoms with Crippen molar-refractivity contribution >= 4 is 34.3 Å². The molecule has 2 aliphatic heterocycles. The van der Waals surface area contributed by atoms with Crippen molar-refractivity contribution in [1.82, 2.24) is 4.90 Å². The summed E-state index contributed by atoms with van der Waals surface area (Å²) in [5.41, 5.74) is 1.07. The Morgan fingerprint density at radius 3 is 3.15 bits per heavy atom. The molecule has 4 heteroatoms. The van der Waals surface area contributed by atoms with Gasteiger partial charge in [0.2, 0.25) is 5.91 Å². The first kappa shape index (κ1) is 8.93. The van der Waals surface area contributed by atoms with Gasteiger partial charge in [-0.15, -0.1) is 0 Å². The molecule has 0 aromatic rings. The lowest BCUT2D eigenvalue weighted by Gasteiger charge is -2.27. The quantitative estimate of drug-likeness (QED) is 0.626. The van der Waals surface area contributed by atoms with Crippen LogP contribution in [0.15, 0.2) is 26.4 Å². The molecule has 0 saturated carbocycles. The van der Waals surface area contributed by atoms with Gasteiger partial charge in [-0.1, -0.05) is 0 Å². The van der Waals surface area contributed by atoms with Crippen molar-refractivity contribution in [2.45, 2.75) is 13.3 Å². The number of allylic oxidation sites excluding steroid dienone is 2. The number of rotatable bonds is 0. The van der Waals surface area contributed by atoms with Crippen LogP contribution in [0.25, 0.3) is 0 Å². The van der Waals surface area contributed by atoms with E-state index < -0.39 is 0 Å². The molecule has 2 aliphatic rings. The van der Waals surface area contributed by atoms with E-state index in [0.29, 0.717) is 13.0 Å². The minimum atomic E-state index is 0.145. The predicted octanol–water partition coefficient (Wildman–Crippen LogP) is 1.85. The van der Waals surface area contributed by atoms with Crippen molar-refractivity contribution in [1.29, 1.82) is 0 Å². The van der Waals surface area contributed by atoms with Crippen molar-refractivity contribution in [3.8, 4) is 0 Å². The molecule has 0 aliphatic carbocycles. The summed E-state index contributed by atoms with van der Waals surface area (Å²) in [7, 11) is 0. The molecule has 0 N–H and O–H groups in total. The summed E-state index contributed by atoms with van der Waals surface area (Å²) in [6, 6.07) is 0. The topological polar surface area (TPSA) is 32.7 Å². The van der Waals surface area contributed by atoms with Crippen LogP contribution in [0.4, 0.5) is 0 Å². The maximum absolute atomic E-state index is 11.5. The van der Waals surface area contributed by atoms with Gasteiger partial charge in [0.25, 0.3) is 0 Å². The summed E-state index contributed by atoms with van der Waals surface area (Å²) in [6.07, 6.45) is 4.40. The SMILES string of the molecule is CC1=CC(I)=CN2C(=O)CCN=C12. The van der Waals surface area contributed by atoms with Crippen LogP contribution in [0.3, 0.4) is 0 Å². The summed E-state index contributed by atoms with van der Waals surface area (Å²) < 4.78 is 1.07. The van der Waals surface area contributed by atoms with E-state index in [1.807, 2.05) is 19.2 Å². The molecule has 0 aromatic carbocycles. The molecule has 0 spiro atoms. The van der Waals surface area contributed by atoms with Gasteiger partial charge in [0.05, 0.1) is 6.54 Å². The Labute approximate surface area is 90.3 Å². The molecule has 0 fully saturated rings. The number of hydrogen-bond acceptors (Lipinski definition) is 2. The monoisotopic (exact) mass is 288 g/mol. The average molecular weight is 288 g/mol. The molecule has 3 nitrogen and oxygen atoms in total. The van der Waals surface area contributed by atoms with Crippen LogP contribution in [0.1, 0.15) is 13.3 Å². The third kappa shape index (κ3) is 1.54. The molecule has 0 aromatic heterocycles. The number of aliphatic imine (C=N–C) groups is 1. The van der Waals surface area contributed by atoms with Crippen LogP contribution in [-0.2, 0) is 4.79 Å². The molecule has 2 rings (SSSR count). The maximum Gasteiger partial charge on any atom is 0.234 e. The van der Waals surface area contributed by atoms with Gasteiger partial charge in [-0.3, -0.25) is 14.7 Å². The molecular weight excluding hydrogens is 279 g/mol. The van der Waals surface area contributed by atoms with Gasteiger partial charge in [-0.05, 0) is 41.2 Å². The average Bonchev–Trinajstić information content (AvgIpc) is 2.07. The normalized spacial score (nSPS) is 21.8. The van der Waals surface area contributed by atoms with E-state index in [1.54, 1.807) is 4.90 Å². The minimum absolute atomic E-state index is 0.145. The van der Waals surface area contributed by atoms with Crippen molar-refractivity contribution in [3.05, 3.63) is 21.4 Å². The summed E-state index contributed by atoms with van der Waals surface area (Å²) in [5.74, 6) is 0.961. The fraction of sp³-hybridized carbons (Fsp3) is 0.333. The van der Waals surface area contributed by atoms with E-state index >= 15 is 0 Å². The summed E-state index contributed by atoms with van der Waals surface area (Å²) >= 11 is 2.21. The zero-order valence-corrected chi connectivity index (χ0v) is 9.41. The van der Waals surface area contributed by atoms with Gasteiger partial charge >= 0.3 is 0 Å². The van der Waals surface area contributed by atoms with Crippen molar-refractivity contribution in [2.24, 2.45) is 4.99 Å². The van der Waals surface area contributed by atoms with Crippen LogP contribution < -0.4 is 0 Å². The van der Waals surface area contributed by atoms with E-state index in [-0.39, 0.29) is 5.91 Å². The van der Waals surface area contributed by atoms with Gasteiger partial charge in [-0.2, -0.15) is 0 Å². The first-order valence-corrected chi connectivity index (χ1v) is 5.19. The number of nitrogens with zero attached hydrogens (tertiary/aromatic N) is 2. The zero-order valence-electron chi connectivity index (χ0n) is 7.25. The Morgan fingerprint density at radius 1 is 1.62 bits per heavy atom. The van der Waals surface area contributed by atoms with Crippen LogP contribution in [0.5, 0.6) is 0 Å². The number of fused-ring (bicyclic) bond motifs is 1. The molecule has 0 radical (unpaired) electrons. The fourth-order valence-corrected chi connectivity index (χ4v) is 2.20. The molecule has 0 atom stereocenters. The highest BCUT2D eigenvalue weighted by molar-refractivity contribution is 14.1. The zero-order chi connectivity index (χ0) is 9.42. The molecule has 1 amide bonds. The second kappa shape index (κ2) is 3.25. The number of amidine groups is 1. The summed E-state index contributed by atoms with van der Waals surface area (Å²) in [5, 5.41) is 0. The summed E-state index contributed by atoms with van der Waals surface area (Å²) in [6.45, 7) is 2.61. The Kier molecular flexibility index (Phi) is 2.23. The molecular formula is C9H9IN2O. The highest BCUT2D eigenvalue weighted by Crippen LogP contribution is 2.23. The van der Waals surface area contributed by atoms with Gasteiger partial charge in [0, 0.05) is 16.2 Å². The smallest absolute Gasteiger partial charge is 0.234 e. The van der Waals surface area contributed by atoms with E-state index in [0.717, 1.165) is 15.0 Å². The standard InChI is InChI=1S/C9H9IN2O/c1-6-4-7(10)5-12-8(13)2-3-11-9(6)12/h4-5H,2-3H2,1H3. The first-order valence-electron chi connectivity index (χ1n) is 4.11. The van der Waals surface area contributed by atoms with Gasteiger partial charge in [0.15, 0.2) is 0 Å². The number of hydrogen-bond donors (Lipinski definition) is 0. The third-order valence-electron chi connectivity index (χ3n) is 2.04. The lowest BCUT2D eigenvalue weighted by molar-refractivity contribution is -0.125. The second-order valence-corrected chi connectivity index (χ2v) is 4.31. The van der Waals surface area contributed by atoms with E-state index in [2.05, 4.69) is 27.6 Å². The number of carbonyl (C=O) groups is 1. The highest BCUT2D eigenvalue weighted by Gasteiger charge is 2.24. The Morgan fingerprint density at radius 2 is 2.38 bits per heavy atom. The van der Waals surface area contributed by atoms with Crippen molar-refractivity contribution in [3.63, 3.8) is 0 Å². The molecule has 13 heavy (non-hydrogen) atoms. The number of amides is 1. The van der Waals surface area contributed by atoms with Crippen LogP contribution in [-0.4, -0.2) is 23.2 Å². The van der Waals surface area contributed by atoms with Crippen LogP contribution in [0, 0.1) is 0 Å². The Hall–Kier alpha value is -0.650.